The molecule has 0 aliphatic carbocycles. The SMILES string of the molecule is CCNC(=NCc1cc(Br)ccc1F)NCc1c(C)nn(C)c1C.I. The lowest BCUT2D eigenvalue weighted by molar-refractivity contribution is 0.610. The Morgan fingerprint density at radius 2 is 2.04 bits per heavy atom. The highest BCUT2D eigenvalue weighted by molar-refractivity contribution is 14.0. The molecule has 5 nitrogen and oxygen atoms in total. The van der Waals surface area contributed by atoms with Gasteiger partial charge in [-0.2, -0.15) is 5.10 Å². The Morgan fingerprint density at radius 3 is 2.64 bits per heavy atom. The van der Waals surface area contributed by atoms with E-state index in [0.717, 1.165) is 28.0 Å². The number of rotatable bonds is 5. The zero-order chi connectivity index (χ0) is 17.7. The van der Waals surface area contributed by atoms with Crippen LogP contribution < -0.4 is 10.6 Å². The fourth-order valence-electron chi connectivity index (χ4n) is 2.42. The maximum Gasteiger partial charge on any atom is 0.191 e. The zero-order valence-electron chi connectivity index (χ0n) is 14.9. The van der Waals surface area contributed by atoms with E-state index in [1.165, 1.54) is 6.07 Å². The molecule has 1 heterocycles. The first kappa shape index (κ1) is 21.9. The molecule has 8 heteroatoms. The number of benzene rings is 1. The quantitative estimate of drug-likeness (QED) is 0.356. The molecule has 1 aromatic carbocycles. The first-order valence-corrected chi connectivity index (χ1v) is 8.66. The lowest BCUT2D eigenvalue weighted by atomic mass is 10.2. The molecule has 0 bridgehead atoms. The smallest absolute Gasteiger partial charge is 0.191 e. The van der Waals surface area contributed by atoms with Crippen LogP contribution in [0.2, 0.25) is 0 Å². The number of aryl methyl sites for hydroxylation is 2. The van der Waals surface area contributed by atoms with Crippen molar-refractivity contribution in [1.29, 1.82) is 0 Å². The van der Waals surface area contributed by atoms with E-state index in [4.69, 9.17) is 0 Å². The average molecular weight is 524 g/mol. The van der Waals surface area contributed by atoms with Gasteiger partial charge in [0.25, 0.3) is 0 Å². The van der Waals surface area contributed by atoms with Gasteiger partial charge in [-0.1, -0.05) is 15.9 Å². The van der Waals surface area contributed by atoms with Gasteiger partial charge in [0.15, 0.2) is 5.96 Å². The number of hydrogen-bond donors (Lipinski definition) is 2. The van der Waals surface area contributed by atoms with Gasteiger partial charge >= 0.3 is 0 Å². The number of nitrogens with one attached hydrogen (secondary N) is 2. The maximum atomic E-state index is 13.8. The van der Waals surface area contributed by atoms with Crippen LogP contribution in [0.25, 0.3) is 0 Å². The van der Waals surface area contributed by atoms with Crippen molar-refractivity contribution < 1.29 is 4.39 Å². The molecule has 138 valence electrons. The minimum atomic E-state index is -0.253. The van der Waals surface area contributed by atoms with E-state index in [2.05, 4.69) is 36.7 Å². The Balaban J connectivity index is 0.00000312. The van der Waals surface area contributed by atoms with Gasteiger partial charge in [-0.05, 0) is 39.0 Å². The summed E-state index contributed by atoms with van der Waals surface area (Å²) in [5.74, 6) is 0.399. The molecule has 0 saturated heterocycles. The third-order valence-corrected chi connectivity index (χ3v) is 4.34. The molecular formula is C17H24BrFIN5. The van der Waals surface area contributed by atoms with Crippen molar-refractivity contribution in [3.8, 4) is 0 Å². The van der Waals surface area contributed by atoms with Crippen molar-refractivity contribution in [2.24, 2.45) is 12.0 Å². The van der Waals surface area contributed by atoms with E-state index in [1.807, 2.05) is 32.5 Å². The van der Waals surface area contributed by atoms with Gasteiger partial charge in [-0.15, -0.1) is 24.0 Å². The van der Waals surface area contributed by atoms with Crippen LogP contribution in [-0.2, 0) is 20.1 Å². The van der Waals surface area contributed by atoms with Crippen LogP contribution >= 0.6 is 39.9 Å². The van der Waals surface area contributed by atoms with Gasteiger partial charge in [0.05, 0.1) is 12.2 Å². The summed E-state index contributed by atoms with van der Waals surface area (Å²) in [4.78, 5) is 4.47. The second-order valence-corrected chi connectivity index (χ2v) is 6.47. The minimum Gasteiger partial charge on any atom is -0.357 e. The van der Waals surface area contributed by atoms with E-state index >= 15 is 0 Å². The third kappa shape index (κ3) is 5.95. The molecule has 2 N–H and O–H groups in total. The van der Waals surface area contributed by atoms with E-state index in [-0.39, 0.29) is 36.3 Å². The van der Waals surface area contributed by atoms with Gasteiger partial charge in [0, 0.05) is 41.4 Å². The van der Waals surface area contributed by atoms with Crippen LogP contribution in [0.3, 0.4) is 0 Å². The second-order valence-electron chi connectivity index (χ2n) is 5.56. The highest BCUT2D eigenvalue weighted by Gasteiger charge is 2.10. The van der Waals surface area contributed by atoms with Crippen LogP contribution in [0.15, 0.2) is 27.7 Å². The molecule has 0 amide bonds. The fraction of sp³-hybridized carbons (Fsp3) is 0.412. The van der Waals surface area contributed by atoms with Crippen LogP contribution in [0.5, 0.6) is 0 Å². The van der Waals surface area contributed by atoms with E-state index < -0.39 is 0 Å². The Kier molecular flexibility index (Phi) is 8.84. The van der Waals surface area contributed by atoms with Crippen LogP contribution in [-0.4, -0.2) is 22.3 Å². The normalized spacial score (nSPS) is 11.2. The molecule has 0 atom stereocenters. The van der Waals surface area contributed by atoms with Crippen molar-refractivity contribution in [2.45, 2.75) is 33.9 Å². The molecule has 2 rings (SSSR count). The van der Waals surface area contributed by atoms with Crippen molar-refractivity contribution in [2.75, 3.05) is 6.54 Å². The summed E-state index contributed by atoms with van der Waals surface area (Å²) >= 11 is 3.36. The lowest BCUT2D eigenvalue weighted by Crippen LogP contribution is -2.37. The predicted octanol–water partition coefficient (Wildman–Crippen LogP) is 3.81. The molecule has 25 heavy (non-hydrogen) atoms. The van der Waals surface area contributed by atoms with Crippen molar-refractivity contribution in [3.63, 3.8) is 0 Å². The Labute approximate surface area is 173 Å². The predicted molar refractivity (Wildman–Crippen MR) is 114 cm³/mol. The molecule has 0 unspecified atom stereocenters. The summed E-state index contributed by atoms with van der Waals surface area (Å²) in [6.07, 6.45) is 0. The van der Waals surface area contributed by atoms with Crippen molar-refractivity contribution in [1.82, 2.24) is 20.4 Å². The molecule has 0 aliphatic rings. The number of nitrogens with zero attached hydrogens (tertiary/aromatic N) is 3. The minimum absolute atomic E-state index is 0. The largest absolute Gasteiger partial charge is 0.357 e. The summed E-state index contributed by atoms with van der Waals surface area (Å²) in [6.45, 7) is 7.65. The maximum absolute atomic E-state index is 13.8. The third-order valence-electron chi connectivity index (χ3n) is 3.85. The molecule has 1 aromatic heterocycles. The molecule has 0 radical (unpaired) electrons. The Hall–Kier alpha value is -1.16. The molecule has 2 aromatic rings. The van der Waals surface area contributed by atoms with E-state index in [0.29, 0.717) is 18.1 Å². The number of guanidine groups is 1. The Morgan fingerprint density at radius 1 is 1.32 bits per heavy atom. The van der Waals surface area contributed by atoms with Gasteiger partial charge in [-0.25, -0.2) is 9.38 Å². The monoisotopic (exact) mass is 523 g/mol. The van der Waals surface area contributed by atoms with Gasteiger partial charge < -0.3 is 10.6 Å². The number of hydrogen-bond acceptors (Lipinski definition) is 2. The highest BCUT2D eigenvalue weighted by Crippen LogP contribution is 2.16. The van der Waals surface area contributed by atoms with Crippen molar-refractivity contribution in [3.05, 3.63) is 51.0 Å². The van der Waals surface area contributed by atoms with E-state index in [1.54, 1.807) is 12.1 Å². The summed E-state index contributed by atoms with van der Waals surface area (Å²) < 4.78 is 16.5. The summed E-state index contributed by atoms with van der Waals surface area (Å²) in [5.41, 5.74) is 3.82. The van der Waals surface area contributed by atoms with Gasteiger partial charge in [0.2, 0.25) is 0 Å². The molecule has 0 spiro atoms. The first-order valence-electron chi connectivity index (χ1n) is 7.87. The van der Waals surface area contributed by atoms with Crippen LogP contribution in [0.4, 0.5) is 4.39 Å². The molecule has 0 fully saturated rings. The van der Waals surface area contributed by atoms with Gasteiger partial charge in [0.1, 0.15) is 5.82 Å². The van der Waals surface area contributed by atoms with Crippen LogP contribution in [0, 0.1) is 19.7 Å². The molecular weight excluding hydrogens is 500 g/mol. The molecule has 0 aliphatic heterocycles. The summed E-state index contributed by atoms with van der Waals surface area (Å²) in [5, 5.41) is 10.9. The standard InChI is InChI=1S/C17H23BrFN5.HI/c1-5-20-17(21-9-13-8-14(18)6-7-16(13)19)22-10-15-11(2)23-24(4)12(15)3;/h6-8H,5,9-10H2,1-4H3,(H2,20,21,22);1H. The van der Waals surface area contributed by atoms with Crippen molar-refractivity contribution >= 4 is 45.9 Å². The molecule has 0 saturated carbocycles. The first-order chi connectivity index (χ1) is 11.4. The van der Waals surface area contributed by atoms with Crippen LogP contribution in [0.1, 0.15) is 29.4 Å². The number of halogens is 3. The lowest BCUT2D eigenvalue weighted by Gasteiger charge is -2.12. The topological polar surface area (TPSA) is 54.2 Å². The Bertz CT molecular complexity index is 745. The number of aromatic nitrogens is 2. The zero-order valence-corrected chi connectivity index (χ0v) is 18.8. The van der Waals surface area contributed by atoms with Gasteiger partial charge in [-0.3, -0.25) is 4.68 Å². The summed E-state index contributed by atoms with van der Waals surface area (Å²) in [6, 6.07) is 4.87. The van der Waals surface area contributed by atoms with E-state index in [9.17, 15) is 4.39 Å². The number of aliphatic imine (C=N–C) groups is 1. The summed E-state index contributed by atoms with van der Waals surface area (Å²) in [7, 11) is 1.93. The fourth-order valence-corrected chi connectivity index (χ4v) is 2.82. The highest BCUT2D eigenvalue weighted by atomic mass is 127. The average Bonchev–Trinajstić information content (AvgIpc) is 2.78. The second kappa shape index (κ2) is 10.1.